The van der Waals surface area contributed by atoms with E-state index in [-0.39, 0.29) is 0 Å². The molecule has 7 aromatic carbocycles. The van der Waals surface area contributed by atoms with Crippen LogP contribution in [0.25, 0.3) is 76.2 Å². The van der Waals surface area contributed by atoms with Gasteiger partial charge in [-0.3, -0.25) is 4.98 Å². The van der Waals surface area contributed by atoms with Gasteiger partial charge < -0.3 is 0 Å². The van der Waals surface area contributed by atoms with Crippen LogP contribution in [-0.4, -0.2) is 4.98 Å². The third kappa shape index (κ3) is 3.02. The molecule has 8 aromatic rings. The fourth-order valence-corrected chi connectivity index (χ4v) is 6.27. The van der Waals surface area contributed by atoms with Gasteiger partial charge in [-0.05, 0) is 66.3 Å². The summed E-state index contributed by atoms with van der Waals surface area (Å²) < 4.78 is 0. The number of fused-ring (bicyclic) bond motifs is 5. The lowest BCUT2D eigenvalue weighted by Crippen LogP contribution is -1.94. The quantitative estimate of drug-likeness (QED) is 0.224. The Morgan fingerprint density at radius 1 is 0.342 bits per heavy atom. The number of pyridine rings is 1. The first-order valence-corrected chi connectivity index (χ1v) is 13.1. The highest BCUT2D eigenvalue weighted by atomic mass is 14.7. The Hall–Kier alpha value is -5.01. The first-order valence-electron chi connectivity index (χ1n) is 13.1. The molecule has 0 atom stereocenters. The third-order valence-electron chi connectivity index (χ3n) is 7.86. The average molecular weight is 482 g/mol. The SMILES string of the molecule is c1ccc2c(-c3c4ccccc4c(-c4c5ccccc5cc5ccccc45)c4cccnc34)cccc2c1. The first kappa shape index (κ1) is 21.1. The van der Waals surface area contributed by atoms with Gasteiger partial charge >= 0.3 is 0 Å². The molecule has 0 amide bonds. The van der Waals surface area contributed by atoms with E-state index in [2.05, 4.69) is 133 Å². The summed E-state index contributed by atoms with van der Waals surface area (Å²) in [6.07, 6.45) is 1.93. The smallest absolute Gasteiger partial charge is 0.0793 e. The van der Waals surface area contributed by atoms with Crippen LogP contribution in [0.2, 0.25) is 0 Å². The highest BCUT2D eigenvalue weighted by molar-refractivity contribution is 6.27. The van der Waals surface area contributed by atoms with E-state index in [1.165, 1.54) is 70.7 Å². The molecule has 0 radical (unpaired) electrons. The predicted octanol–water partition coefficient (Wildman–Crippen LogP) is 10.2. The molecule has 0 saturated heterocycles. The van der Waals surface area contributed by atoms with Gasteiger partial charge in [-0.1, -0.05) is 121 Å². The van der Waals surface area contributed by atoms with Gasteiger partial charge in [0.1, 0.15) is 0 Å². The van der Waals surface area contributed by atoms with Crippen LogP contribution in [0.4, 0.5) is 0 Å². The number of hydrogen-bond donors (Lipinski definition) is 0. The molecule has 1 heteroatoms. The first-order chi connectivity index (χ1) is 18.9. The minimum Gasteiger partial charge on any atom is -0.256 e. The lowest BCUT2D eigenvalue weighted by molar-refractivity contribution is 1.42. The molecule has 1 aromatic heterocycles. The van der Waals surface area contributed by atoms with Crippen LogP contribution in [0.1, 0.15) is 0 Å². The van der Waals surface area contributed by atoms with E-state index >= 15 is 0 Å². The van der Waals surface area contributed by atoms with Crippen molar-refractivity contribution in [2.75, 3.05) is 0 Å². The normalized spacial score (nSPS) is 11.7. The Balaban J connectivity index is 1.63. The molecule has 1 heterocycles. The third-order valence-corrected chi connectivity index (χ3v) is 7.86. The number of hydrogen-bond acceptors (Lipinski definition) is 1. The van der Waals surface area contributed by atoms with Crippen molar-refractivity contribution in [2.24, 2.45) is 0 Å². The predicted molar refractivity (Wildman–Crippen MR) is 163 cm³/mol. The molecule has 8 rings (SSSR count). The van der Waals surface area contributed by atoms with Gasteiger partial charge in [0.15, 0.2) is 0 Å². The second-order valence-electron chi connectivity index (χ2n) is 9.92. The van der Waals surface area contributed by atoms with Crippen molar-refractivity contribution in [1.29, 1.82) is 0 Å². The molecule has 1 nitrogen and oxygen atoms in total. The van der Waals surface area contributed by atoms with Crippen LogP contribution in [0.15, 0.2) is 140 Å². The van der Waals surface area contributed by atoms with Gasteiger partial charge in [-0.2, -0.15) is 0 Å². The molecule has 38 heavy (non-hydrogen) atoms. The summed E-state index contributed by atoms with van der Waals surface area (Å²) in [4.78, 5) is 5.06. The summed E-state index contributed by atoms with van der Waals surface area (Å²) in [5.74, 6) is 0. The lowest BCUT2D eigenvalue weighted by Gasteiger charge is -2.20. The maximum atomic E-state index is 5.06. The summed E-state index contributed by atoms with van der Waals surface area (Å²) >= 11 is 0. The second-order valence-corrected chi connectivity index (χ2v) is 9.92. The Morgan fingerprint density at radius 2 is 0.842 bits per heavy atom. The summed E-state index contributed by atoms with van der Waals surface area (Å²) in [5, 5.41) is 11.2. The molecule has 0 saturated carbocycles. The number of benzene rings is 7. The van der Waals surface area contributed by atoms with Crippen LogP contribution in [0.5, 0.6) is 0 Å². The summed E-state index contributed by atoms with van der Waals surface area (Å²) in [6, 6.07) is 48.2. The van der Waals surface area contributed by atoms with Crippen molar-refractivity contribution in [2.45, 2.75) is 0 Å². The molecule has 176 valence electrons. The summed E-state index contributed by atoms with van der Waals surface area (Å²) in [7, 11) is 0. The number of nitrogens with zero attached hydrogens (tertiary/aromatic N) is 1. The summed E-state index contributed by atoms with van der Waals surface area (Å²) in [5.41, 5.74) is 5.98. The van der Waals surface area contributed by atoms with E-state index in [1.807, 2.05) is 6.20 Å². The number of rotatable bonds is 2. The van der Waals surface area contributed by atoms with E-state index in [0.717, 1.165) is 5.52 Å². The maximum absolute atomic E-state index is 5.06. The van der Waals surface area contributed by atoms with Crippen LogP contribution >= 0.6 is 0 Å². The largest absolute Gasteiger partial charge is 0.256 e. The van der Waals surface area contributed by atoms with E-state index in [4.69, 9.17) is 4.98 Å². The Kier molecular flexibility index (Phi) is 4.59. The molecule has 0 fully saturated rings. The van der Waals surface area contributed by atoms with Gasteiger partial charge in [0.05, 0.1) is 5.52 Å². The van der Waals surface area contributed by atoms with E-state index < -0.39 is 0 Å². The van der Waals surface area contributed by atoms with Gasteiger partial charge in [-0.25, -0.2) is 0 Å². The molecule has 0 aliphatic carbocycles. The van der Waals surface area contributed by atoms with Crippen molar-refractivity contribution < 1.29 is 0 Å². The zero-order valence-electron chi connectivity index (χ0n) is 20.7. The molecule has 0 spiro atoms. The van der Waals surface area contributed by atoms with Gasteiger partial charge in [-0.15, -0.1) is 0 Å². The minimum absolute atomic E-state index is 1.04. The van der Waals surface area contributed by atoms with Crippen LogP contribution in [-0.2, 0) is 0 Å². The topological polar surface area (TPSA) is 12.9 Å². The molecule has 0 N–H and O–H groups in total. The highest BCUT2D eigenvalue weighted by Gasteiger charge is 2.21. The van der Waals surface area contributed by atoms with Crippen molar-refractivity contribution in [3.63, 3.8) is 0 Å². The lowest BCUT2D eigenvalue weighted by atomic mass is 9.83. The molecular formula is C37H23N. The van der Waals surface area contributed by atoms with Crippen molar-refractivity contribution in [1.82, 2.24) is 4.98 Å². The average Bonchev–Trinajstić information content (AvgIpc) is 2.99. The van der Waals surface area contributed by atoms with Gasteiger partial charge in [0.25, 0.3) is 0 Å². The fourth-order valence-electron chi connectivity index (χ4n) is 6.27. The maximum Gasteiger partial charge on any atom is 0.0793 e. The standard InChI is InChI=1S/C37H23N/c1-4-15-27-24(11-1)14-9-20-30(27)36-32-19-8-7-18-31(32)35(33-21-10-22-38-37(33)36)34-28-16-5-2-12-25(28)23-26-13-3-6-17-29(26)34/h1-23H. The van der Waals surface area contributed by atoms with Crippen molar-refractivity contribution in [3.05, 3.63) is 140 Å². The molecule has 0 unspecified atom stereocenters. The Labute approximate surface area is 220 Å². The van der Waals surface area contributed by atoms with Crippen molar-refractivity contribution in [3.8, 4) is 22.3 Å². The van der Waals surface area contributed by atoms with Crippen LogP contribution in [0, 0.1) is 0 Å². The summed E-state index contributed by atoms with van der Waals surface area (Å²) in [6.45, 7) is 0. The second kappa shape index (κ2) is 8.26. The zero-order chi connectivity index (χ0) is 25.1. The molecular weight excluding hydrogens is 458 g/mol. The van der Waals surface area contributed by atoms with E-state index in [0.29, 0.717) is 0 Å². The van der Waals surface area contributed by atoms with Crippen LogP contribution in [0.3, 0.4) is 0 Å². The highest BCUT2D eigenvalue weighted by Crippen LogP contribution is 2.47. The Bertz CT molecular complexity index is 2070. The Morgan fingerprint density at radius 3 is 1.55 bits per heavy atom. The minimum atomic E-state index is 1.04. The molecule has 0 aliphatic rings. The van der Waals surface area contributed by atoms with Crippen molar-refractivity contribution >= 4 is 54.0 Å². The van der Waals surface area contributed by atoms with E-state index in [1.54, 1.807) is 0 Å². The van der Waals surface area contributed by atoms with Gasteiger partial charge in [0.2, 0.25) is 0 Å². The van der Waals surface area contributed by atoms with E-state index in [9.17, 15) is 0 Å². The molecule has 0 aliphatic heterocycles. The number of aromatic nitrogens is 1. The monoisotopic (exact) mass is 481 g/mol. The van der Waals surface area contributed by atoms with Gasteiger partial charge in [0, 0.05) is 22.7 Å². The zero-order valence-corrected chi connectivity index (χ0v) is 20.7. The fraction of sp³-hybridized carbons (Fsp3) is 0. The molecule has 0 bridgehead atoms. The van der Waals surface area contributed by atoms with Crippen LogP contribution < -0.4 is 0 Å².